The van der Waals surface area contributed by atoms with Crippen LogP contribution in [0, 0.1) is 13.8 Å². The highest BCUT2D eigenvalue weighted by atomic mass is 35.5. The predicted octanol–water partition coefficient (Wildman–Crippen LogP) is 5.98. The second-order valence-corrected chi connectivity index (χ2v) is 8.09. The molecule has 1 amide bonds. The number of amides is 1. The lowest BCUT2D eigenvalue weighted by Crippen LogP contribution is -2.24. The molecular weight excluding hydrogens is 473 g/mol. The Labute approximate surface area is 201 Å². The Kier molecular flexibility index (Phi) is 8.07. The number of hydrogen-bond donors (Lipinski definition) is 1. The lowest BCUT2D eigenvalue weighted by molar-refractivity contribution is -0.123. The van der Waals surface area contributed by atoms with Crippen molar-refractivity contribution in [2.75, 3.05) is 13.2 Å². The molecule has 32 heavy (non-hydrogen) atoms. The van der Waals surface area contributed by atoms with E-state index in [-0.39, 0.29) is 22.4 Å². The molecule has 3 aromatic rings. The highest BCUT2D eigenvalue weighted by Gasteiger charge is 2.12. The molecule has 0 bridgehead atoms. The van der Waals surface area contributed by atoms with E-state index in [0.717, 1.165) is 28.4 Å². The Morgan fingerprint density at radius 2 is 1.81 bits per heavy atom. The summed E-state index contributed by atoms with van der Waals surface area (Å²) in [6, 6.07) is 12.8. The van der Waals surface area contributed by atoms with E-state index in [1.165, 1.54) is 12.1 Å². The Balaban J connectivity index is 1.63. The van der Waals surface area contributed by atoms with Gasteiger partial charge in [-0.25, -0.2) is 5.43 Å². The number of rotatable bonds is 8. The van der Waals surface area contributed by atoms with Gasteiger partial charge in [0, 0.05) is 33.7 Å². The zero-order valence-electron chi connectivity index (χ0n) is 17.8. The molecule has 3 rings (SSSR count). The highest BCUT2D eigenvalue weighted by molar-refractivity contribution is 6.44. The number of carbonyl (C=O) groups is 1. The second-order valence-electron chi connectivity index (χ2n) is 6.87. The molecule has 0 aliphatic rings. The van der Waals surface area contributed by atoms with Gasteiger partial charge in [-0.05, 0) is 57.2 Å². The van der Waals surface area contributed by atoms with Gasteiger partial charge in [-0.1, -0.05) is 34.8 Å². The summed E-state index contributed by atoms with van der Waals surface area (Å²) in [7, 11) is 0. The number of hydrogen-bond acceptors (Lipinski definition) is 4. The largest absolute Gasteiger partial charge is 0.494 e. The number of halogens is 3. The van der Waals surface area contributed by atoms with Crippen molar-refractivity contribution in [3.63, 3.8) is 0 Å². The van der Waals surface area contributed by atoms with Gasteiger partial charge in [-0.2, -0.15) is 5.10 Å². The van der Waals surface area contributed by atoms with E-state index in [4.69, 9.17) is 44.3 Å². The molecule has 6 nitrogen and oxygen atoms in total. The normalized spacial score (nSPS) is 11.1. The van der Waals surface area contributed by atoms with Crippen LogP contribution >= 0.6 is 34.8 Å². The fraction of sp³-hybridized carbons (Fsp3) is 0.217. The van der Waals surface area contributed by atoms with Crippen molar-refractivity contribution in [3.05, 3.63) is 74.5 Å². The van der Waals surface area contributed by atoms with E-state index in [9.17, 15) is 4.79 Å². The van der Waals surface area contributed by atoms with Crippen molar-refractivity contribution in [3.8, 4) is 17.2 Å². The molecule has 2 aromatic carbocycles. The minimum atomic E-state index is -0.450. The third-order valence-electron chi connectivity index (χ3n) is 4.59. The van der Waals surface area contributed by atoms with Crippen LogP contribution in [-0.2, 0) is 4.79 Å². The number of nitrogens with one attached hydrogen (secondary N) is 1. The Bertz CT molecular complexity index is 1140. The molecular formula is C23H22Cl3N3O3. The molecule has 0 aliphatic heterocycles. The van der Waals surface area contributed by atoms with Gasteiger partial charge < -0.3 is 14.0 Å². The summed E-state index contributed by atoms with van der Waals surface area (Å²) in [4.78, 5) is 12.1. The van der Waals surface area contributed by atoms with Crippen LogP contribution in [0.15, 0.2) is 47.6 Å². The van der Waals surface area contributed by atoms with E-state index in [0.29, 0.717) is 11.6 Å². The van der Waals surface area contributed by atoms with Gasteiger partial charge in [0.15, 0.2) is 6.61 Å². The molecule has 9 heteroatoms. The van der Waals surface area contributed by atoms with Crippen molar-refractivity contribution in [2.24, 2.45) is 5.10 Å². The SMILES string of the molecule is CCOc1ccc(-n2c(C)cc(C=NNC(=O)COc3cc(Cl)cc(Cl)c3Cl)c2C)cc1. The molecule has 1 heterocycles. The van der Waals surface area contributed by atoms with Gasteiger partial charge in [0.2, 0.25) is 0 Å². The van der Waals surface area contributed by atoms with Gasteiger partial charge >= 0.3 is 0 Å². The van der Waals surface area contributed by atoms with Gasteiger partial charge in [0.1, 0.15) is 16.5 Å². The lowest BCUT2D eigenvalue weighted by Gasteiger charge is -2.11. The number of nitrogens with zero attached hydrogens (tertiary/aromatic N) is 2. The molecule has 0 spiro atoms. The molecule has 0 radical (unpaired) electrons. The highest BCUT2D eigenvalue weighted by Crippen LogP contribution is 2.35. The van der Waals surface area contributed by atoms with E-state index in [1.807, 2.05) is 51.1 Å². The Hall–Kier alpha value is -2.67. The molecule has 1 aromatic heterocycles. The van der Waals surface area contributed by atoms with Crippen LogP contribution in [0.2, 0.25) is 15.1 Å². The zero-order valence-corrected chi connectivity index (χ0v) is 20.1. The average molecular weight is 495 g/mol. The fourth-order valence-electron chi connectivity index (χ4n) is 3.16. The molecule has 0 fully saturated rings. The van der Waals surface area contributed by atoms with Gasteiger partial charge in [0.05, 0.1) is 17.8 Å². The van der Waals surface area contributed by atoms with Crippen LogP contribution < -0.4 is 14.9 Å². The summed E-state index contributed by atoms with van der Waals surface area (Å²) in [5.41, 5.74) is 6.35. The van der Waals surface area contributed by atoms with E-state index in [2.05, 4.69) is 15.1 Å². The van der Waals surface area contributed by atoms with Crippen LogP contribution in [-0.4, -0.2) is 29.9 Å². The standard InChI is InChI=1S/C23H22Cl3N3O3/c1-4-31-19-7-5-18(6-8-19)29-14(2)9-16(15(29)3)12-27-28-22(30)13-32-21-11-17(24)10-20(25)23(21)26/h5-12H,4,13H2,1-3H3,(H,28,30). The van der Waals surface area contributed by atoms with Crippen molar-refractivity contribution in [1.29, 1.82) is 0 Å². The van der Waals surface area contributed by atoms with Gasteiger partial charge in [-0.3, -0.25) is 4.79 Å². The van der Waals surface area contributed by atoms with Crippen molar-refractivity contribution >= 4 is 46.9 Å². The number of ether oxygens (including phenoxy) is 2. The first kappa shape index (κ1) is 24.0. The maximum absolute atomic E-state index is 12.1. The van der Waals surface area contributed by atoms with Gasteiger partial charge in [0.25, 0.3) is 5.91 Å². The number of aromatic nitrogens is 1. The first-order chi connectivity index (χ1) is 15.3. The third kappa shape index (κ3) is 5.76. The minimum Gasteiger partial charge on any atom is -0.494 e. The molecule has 0 unspecified atom stereocenters. The number of hydrazone groups is 1. The van der Waals surface area contributed by atoms with Crippen molar-refractivity contribution in [1.82, 2.24) is 9.99 Å². The van der Waals surface area contributed by atoms with E-state index in [1.54, 1.807) is 6.21 Å². The Morgan fingerprint density at radius 3 is 2.50 bits per heavy atom. The number of carbonyl (C=O) groups excluding carboxylic acids is 1. The van der Waals surface area contributed by atoms with Crippen LogP contribution in [0.5, 0.6) is 11.5 Å². The van der Waals surface area contributed by atoms with Crippen LogP contribution in [0.25, 0.3) is 5.69 Å². The summed E-state index contributed by atoms with van der Waals surface area (Å²) in [6.45, 7) is 6.28. The predicted molar refractivity (Wildman–Crippen MR) is 129 cm³/mol. The maximum atomic E-state index is 12.1. The number of benzene rings is 2. The summed E-state index contributed by atoms with van der Waals surface area (Å²) < 4.78 is 13.0. The quantitative estimate of drug-likeness (QED) is 0.238. The average Bonchev–Trinajstić information content (AvgIpc) is 3.03. The maximum Gasteiger partial charge on any atom is 0.277 e. The molecule has 0 saturated heterocycles. The zero-order chi connectivity index (χ0) is 23.3. The van der Waals surface area contributed by atoms with Crippen LogP contribution in [0.1, 0.15) is 23.9 Å². The smallest absolute Gasteiger partial charge is 0.277 e. The summed E-state index contributed by atoms with van der Waals surface area (Å²) in [5, 5.41) is 4.83. The molecule has 0 atom stereocenters. The van der Waals surface area contributed by atoms with E-state index < -0.39 is 5.91 Å². The van der Waals surface area contributed by atoms with Crippen LogP contribution in [0.4, 0.5) is 0 Å². The van der Waals surface area contributed by atoms with Crippen molar-refractivity contribution < 1.29 is 14.3 Å². The minimum absolute atomic E-state index is 0.189. The Morgan fingerprint density at radius 1 is 1.09 bits per heavy atom. The summed E-state index contributed by atoms with van der Waals surface area (Å²) >= 11 is 17.9. The lowest BCUT2D eigenvalue weighted by atomic mass is 10.2. The monoisotopic (exact) mass is 493 g/mol. The molecule has 168 valence electrons. The molecule has 1 N–H and O–H groups in total. The first-order valence-electron chi connectivity index (χ1n) is 9.81. The van der Waals surface area contributed by atoms with Crippen molar-refractivity contribution in [2.45, 2.75) is 20.8 Å². The fourth-order valence-corrected chi connectivity index (χ4v) is 3.80. The van der Waals surface area contributed by atoms with E-state index >= 15 is 0 Å². The third-order valence-corrected chi connectivity index (χ3v) is 5.59. The summed E-state index contributed by atoms with van der Waals surface area (Å²) in [6.07, 6.45) is 1.59. The van der Waals surface area contributed by atoms with Crippen LogP contribution in [0.3, 0.4) is 0 Å². The summed E-state index contributed by atoms with van der Waals surface area (Å²) in [5.74, 6) is 0.600. The van der Waals surface area contributed by atoms with Gasteiger partial charge in [-0.15, -0.1) is 0 Å². The molecule has 0 saturated carbocycles. The number of aryl methyl sites for hydroxylation is 1. The first-order valence-corrected chi connectivity index (χ1v) is 10.9. The topological polar surface area (TPSA) is 64.8 Å². The second kappa shape index (κ2) is 10.8. The molecule has 0 aliphatic carbocycles.